The quantitative estimate of drug-likeness (QED) is 0.668. The van der Waals surface area contributed by atoms with Gasteiger partial charge in [0.15, 0.2) is 0 Å². The molecule has 0 unspecified atom stereocenters. The average Bonchev–Trinajstić information content (AvgIpc) is 2.51. The molecule has 0 saturated carbocycles. The standard InChI is InChI=1S/C10H18N2O/c1-3-13-7-5-11-8-10-4-6-12(2)9-10/h4,6,9,11H,3,5,7-8H2,1-2H3. The van der Waals surface area contributed by atoms with Gasteiger partial charge in [-0.3, -0.25) is 0 Å². The molecule has 1 aromatic rings. The van der Waals surface area contributed by atoms with E-state index in [0.29, 0.717) is 0 Å². The second kappa shape index (κ2) is 5.78. The van der Waals surface area contributed by atoms with Gasteiger partial charge in [-0.1, -0.05) is 0 Å². The summed E-state index contributed by atoms with van der Waals surface area (Å²) in [7, 11) is 2.03. The molecule has 0 aromatic carbocycles. The summed E-state index contributed by atoms with van der Waals surface area (Å²) >= 11 is 0. The van der Waals surface area contributed by atoms with Crippen LogP contribution in [0.15, 0.2) is 18.5 Å². The summed E-state index contributed by atoms with van der Waals surface area (Å²) in [6, 6.07) is 2.12. The minimum absolute atomic E-state index is 0.795. The van der Waals surface area contributed by atoms with Crippen molar-refractivity contribution in [1.82, 2.24) is 9.88 Å². The largest absolute Gasteiger partial charge is 0.380 e. The first-order valence-electron chi connectivity index (χ1n) is 4.72. The Kier molecular flexibility index (Phi) is 4.57. The molecule has 0 spiro atoms. The number of hydrogen-bond acceptors (Lipinski definition) is 2. The SMILES string of the molecule is CCOCCNCc1ccn(C)c1. The molecule has 1 rings (SSSR count). The van der Waals surface area contributed by atoms with Crippen LogP contribution >= 0.6 is 0 Å². The van der Waals surface area contributed by atoms with E-state index in [-0.39, 0.29) is 0 Å². The van der Waals surface area contributed by atoms with Crippen molar-refractivity contribution < 1.29 is 4.74 Å². The van der Waals surface area contributed by atoms with Crippen LogP contribution in [0.3, 0.4) is 0 Å². The lowest BCUT2D eigenvalue weighted by atomic mass is 10.3. The molecular weight excluding hydrogens is 164 g/mol. The van der Waals surface area contributed by atoms with Gasteiger partial charge in [0.05, 0.1) is 6.61 Å². The normalized spacial score (nSPS) is 10.6. The molecule has 1 N–H and O–H groups in total. The number of nitrogens with one attached hydrogen (secondary N) is 1. The molecule has 3 heteroatoms. The number of hydrogen-bond donors (Lipinski definition) is 1. The minimum Gasteiger partial charge on any atom is -0.380 e. The zero-order valence-corrected chi connectivity index (χ0v) is 8.42. The lowest BCUT2D eigenvalue weighted by Gasteiger charge is -2.02. The Morgan fingerprint density at radius 2 is 2.38 bits per heavy atom. The fourth-order valence-corrected chi connectivity index (χ4v) is 1.19. The second-order valence-electron chi connectivity index (χ2n) is 3.06. The summed E-state index contributed by atoms with van der Waals surface area (Å²) in [6.07, 6.45) is 4.17. The Morgan fingerprint density at radius 3 is 3.00 bits per heavy atom. The van der Waals surface area contributed by atoms with Gasteiger partial charge in [-0.15, -0.1) is 0 Å². The van der Waals surface area contributed by atoms with E-state index in [1.807, 2.05) is 14.0 Å². The Balaban J connectivity index is 2.06. The van der Waals surface area contributed by atoms with Crippen molar-refractivity contribution >= 4 is 0 Å². The predicted molar refractivity (Wildman–Crippen MR) is 53.6 cm³/mol. The van der Waals surface area contributed by atoms with Gasteiger partial charge in [0.2, 0.25) is 0 Å². The minimum atomic E-state index is 0.795. The average molecular weight is 182 g/mol. The van der Waals surface area contributed by atoms with Crippen molar-refractivity contribution in [2.24, 2.45) is 7.05 Å². The van der Waals surface area contributed by atoms with Crippen molar-refractivity contribution in [3.05, 3.63) is 24.0 Å². The Morgan fingerprint density at radius 1 is 1.54 bits per heavy atom. The smallest absolute Gasteiger partial charge is 0.0590 e. The molecule has 1 heterocycles. The van der Waals surface area contributed by atoms with Crippen LogP contribution in [0.5, 0.6) is 0 Å². The molecule has 0 aliphatic carbocycles. The van der Waals surface area contributed by atoms with Crippen LogP contribution in [0.2, 0.25) is 0 Å². The predicted octanol–water partition coefficient (Wildman–Crippen LogP) is 1.15. The van der Waals surface area contributed by atoms with E-state index in [9.17, 15) is 0 Å². The first kappa shape index (κ1) is 10.3. The third-order valence-electron chi connectivity index (χ3n) is 1.85. The molecule has 0 aliphatic heterocycles. The first-order chi connectivity index (χ1) is 6.33. The van der Waals surface area contributed by atoms with Gasteiger partial charge in [0, 0.05) is 39.1 Å². The zero-order chi connectivity index (χ0) is 9.52. The summed E-state index contributed by atoms with van der Waals surface area (Å²) in [6.45, 7) is 5.45. The highest BCUT2D eigenvalue weighted by Crippen LogP contribution is 1.97. The van der Waals surface area contributed by atoms with Gasteiger partial charge in [-0.25, -0.2) is 0 Å². The third-order valence-corrected chi connectivity index (χ3v) is 1.85. The van der Waals surface area contributed by atoms with E-state index in [1.165, 1.54) is 5.56 Å². The van der Waals surface area contributed by atoms with E-state index in [0.717, 1.165) is 26.3 Å². The van der Waals surface area contributed by atoms with Crippen LogP contribution < -0.4 is 5.32 Å². The highest BCUT2D eigenvalue weighted by molar-refractivity contribution is 5.09. The molecule has 13 heavy (non-hydrogen) atoms. The monoisotopic (exact) mass is 182 g/mol. The number of nitrogens with zero attached hydrogens (tertiary/aromatic N) is 1. The van der Waals surface area contributed by atoms with E-state index >= 15 is 0 Å². The molecule has 0 aliphatic rings. The number of aromatic nitrogens is 1. The molecule has 0 amide bonds. The molecule has 0 fully saturated rings. The molecular formula is C10H18N2O. The van der Waals surface area contributed by atoms with Crippen LogP contribution in [-0.4, -0.2) is 24.3 Å². The summed E-state index contributed by atoms with van der Waals surface area (Å²) < 4.78 is 7.26. The Hall–Kier alpha value is -0.800. The second-order valence-corrected chi connectivity index (χ2v) is 3.06. The maximum atomic E-state index is 5.21. The summed E-state index contributed by atoms with van der Waals surface area (Å²) in [4.78, 5) is 0. The number of aryl methyl sites for hydroxylation is 1. The molecule has 0 radical (unpaired) electrons. The van der Waals surface area contributed by atoms with Crippen molar-refractivity contribution in [2.75, 3.05) is 19.8 Å². The van der Waals surface area contributed by atoms with E-state index in [1.54, 1.807) is 0 Å². The van der Waals surface area contributed by atoms with E-state index in [2.05, 4.69) is 28.3 Å². The van der Waals surface area contributed by atoms with Crippen LogP contribution in [-0.2, 0) is 18.3 Å². The maximum Gasteiger partial charge on any atom is 0.0590 e. The van der Waals surface area contributed by atoms with Crippen LogP contribution in [0.1, 0.15) is 12.5 Å². The van der Waals surface area contributed by atoms with Gasteiger partial charge in [-0.05, 0) is 18.6 Å². The highest BCUT2D eigenvalue weighted by Gasteiger charge is 1.93. The topological polar surface area (TPSA) is 26.2 Å². The number of rotatable bonds is 6. The molecule has 0 atom stereocenters. The number of ether oxygens (including phenoxy) is 1. The maximum absolute atomic E-state index is 5.21. The third kappa shape index (κ3) is 4.10. The molecule has 0 saturated heterocycles. The Bertz CT molecular complexity index is 233. The fourth-order valence-electron chi connectivity index (χ4n) is 1.19. The molecule has 3 nitrogen and oxygen atoms in total. The highest BCUT2D eigenvalue weighted by atomic mass is 16.5. The summed E-state index contributed by atoms with van der Waals surface area (Å²) in [5, 5.41) is 3.31. The van der Waals surface area contributed by atoms with Crippen molar-refractivity contribution in [3.63, 3.8) is 0 Å². The molecule has 0 bridgehead atoms. The summed E-state index contributed by atoms with van der Waals surface area (Å²) in [5.41, 5.74) is 1.32. The first-order valence-corrected chi connectivity index (χ1v) is 4.72. The van der Waals surface area contributed by atoms with Crippen LogP contribution in [0.4, 0.5) is 0 Å². The van der Waals surface area contributed by atoms with Crippen molar-refractivity contribution in [2.45, 2.75) is 13.5 Å². The lowest BCUT2D eigenvalue weighted by molar-refractivity contribution is 0.149. The van der Waals surface area contributed by atoms with Crippen LogP contribution in [0, 0.1) is 0 Å². The summed E-state index contributed by atoms with van der Waals surface area (Å²) in [5.74, 6) is 0. The zero-order valence-electron chi connectivity index (χ0n) is 8.42. The Labute approximate surface area is 79.7 Å². The van der Waals surface area contributed by atoms with Crippen molar-refractivity contribution in [1.29, 1.82) is 0 Å². The van der Waals surface area contributed by atoms with Gasteiger partial charge in [-0.2, -0.15) is 0 Å². The molecule has 1 aromatic heterocycles. The van der Waals surface area contributed by atoms with Crippen LogP contribution in [0.25, 0.3) is 0 Å². The van der Waals surface area contributed by atoms with E-state index in [4.69, 9.17) is 4.74 Å². The van der Waals surface area contributed by atoms with Gasteiger partial charge < -0.3 is 14.6 Å². The lowest BCUT2D eigenvalue weighted by Crippen LogP contribution is -2.18. The van der Waals surface area contributed by atoms with Gasteiger partial charge >= 0.3 is 0 Å². The van der Waals surface area contributed by atoms with Gasteiger partial charge in [0.1, 0.15) is 0 Å². The van der Waals surface area contributed by atoms with Crippen molar-refractivity contribution in [3.8, 4) is 0 Å². The van der Waals surface area contributed by atoms with Gasteiger partial charge in [0.25, 0.3) is 0 Å². The molecule has 74 valence electrons. The van der Waals surface area contributed by atoms with E-state index < -0.39 is 0 Å². The fraction of sp³-hybridized carbons (Fsp3) is 0.600.